The third kappa shape index (κ3) is 3.03. The molecule has 3 N–H and O–H groups in total. The Balaban J connectivity index is 2.08. The lowest BCUT2D eigenvalue weighted by Crippen LogP contribution is -2.14. The molecule has 0 aliphatic heterocycles. The van der Waals surface area contributed by atoms with Gasteiger partial charge in [0.25, 0.3) is 0 Å². The second-order valence-electron chi connectivity index (χ2n) is 3.64. The van der Waals surface area contributed by atoms with E-state index in [9.17, 15) is 0 Å². The number of nitrogens with two attached hydrogens (primary N) is 1. The molecule has 0 unspecified atom stereocenters. The number of nitrogens with zero attached hydrogens (tertiary/aromatic N) is 2. The molecule has 1 aromatic heterocycles. The molecule has 0 saturated heterocycles. The van der Waals surface area contributed by atoms with Gasteiger partial charge >= 0.3 is 0 Å². The van der Waals surface area contributed by atoms with Crippen LogP contribution in [0.2, 0.25) is 5.02 Å². The van der Waals surface area contributed by atoms with Gasteiger partial charge in [-0.05, 0) is 17.7 Å². The first kappa shape index (κ1) is 12.0. The third-order valence-corrected chi connectivity index (χ3v) is 2.53. The van der Waals surface area contributed by atoms with E-state index in [-0.39, 0.29) is 12.5 Å². The summed E-state index contributed by atoms with van der Waals surface area (Å²) in [5, 5.41) is 13.3. The van der Waals surface area contributed by atoms with Crippen molar-refractivity contribution in [3.63, 3.8) is 0 Å². The van der Waals surface area contributed by atoms with Gasteiger partial charge in [0.2, 0.25) is 5.89 Å². The highest BCUT2D eigenvalue weighted by molar-refractivity contribution is 6.30. The number of aliphatic hydroxyl groups is 1. The lowest BCUT2D eigenvalue weighted by atomic mass is 10.1. The van der Waals surface area contributed by atoms with Crippen molar-refractivity contribution in [1.82, 2.24) is 10.1 Å². The van der Waals surface area contributed by atoms with E-state index in [1.165, 1.54) is 0 Å². The molecular weight excluding hydrogens is 242 g/mol. The van der Waals surface area contributed by atoms with Crippen LogP contribution in [0.1, 0.15) is 23.3 Å². The van der Waals surface area contributed by atoms with Gasteiger partial charge in [0, 0.05) is 11.4 Å². The van der Waals surface area contributed by atoms with Crippen LogP contribution in [0.25, 0.3) is 0 Å². The fraction of sp³-hybridized carbons (Fsp3) is 0.273. The van der Waals surface area contributed by atoms with Crippen LogP contribution in [0.5, 0.6) is 0 Å². The number of aliphatic hydroxyl groups excluding tert-OH is 1. The lowest BCUT2D eigenvalue weighted by molar-refractivity contribution is 0.236. The summed E-state index contributed by atoms with van der Waals surface area (Å²) in [6.07, 6.45) is 0.540. The lowest BCUT2D eigenvalue weighted by Gasteiger charge is -1.98. The second-order valence-corrected chi connectivity index (χ2v) is 4.08. The van der Waals surface area contributed by atoms with Crippen molar-refractivity contribution in [2.24, 2.45) is 5.73 Å². The molecule has 0 fully saturated rings. The normalized spacial score (nSPS) is 12.6. The third-order valence-electron chi connectivity index (χ3n) is 2.27. The van der Waals surface area contributed by atoms with Crippen LogP contribution < -0.4 is 5.73 Å². The van der Waals surface area contributed by atoms with Crippen LogP contribution in [0.3, 0.4) is 0 Å². The van der Waals surface area contributed by atoms with Gasteiger partial charge in [-0.25, -0.2) is 0 Å². The highest BCUT2D eigenvalue weighted by Gasteiger charge is 2.13. The van der Waals surface area contributed by atoms with Gasteiger partial charge in [-0.1, -0.05) is 28.9 Å². The number of hydrogen-bond donors (Lipinski definition) is 2. The molecule has 0 aliphatic carbocycles. The van der Waals surface area contributed by atoms with Crippen molar-refractivity contribution >= 4 is 11.6 Å². The summed E-state index contributed by atoms with van der Waals surface area (Å²) >= 11 is 5.79. The zero-order valence-corrected chi connectivity index (χ0v) is 9.76. The molecule has 2 rings (SSSR count). The smallest absolute Gasteiger partial charge is 0.245 e. The molecule has 6 heteroatoms. The van der Waals surface area contributed by atoms with E-state index in [0.717, 1.165) is 5.56 Å². The highest BCUT2D eigenvalue weighted by Crippen LogP contribution is 2.13. The molecule has 1 aromatic carbocycles. The molecule has 5 nitrogen and oxygen atoms in total. The first-order valence-electron chi connectivity index (χ1n) is 5.12. The number of aromatic nitrogens is 2. The summed E-state index contributed by atoms with van der Waals surface area (Å²) in [4.78, 5) is 4.10. The highest BCUT2D eigenvalue weighted by atomic mass is 35.5. The van der Waals surface area contributed by atoms with E-state index in [1.54, 1.807) is 12.1 Å². The largest absolute Gasteiger partial charge is 0.394 e. The van der Waals surface area contributed by atoms with Crippen LogP contribution in [-0.4, -0.2) is 21.9 Å². The Kier molecular flexibility index (Phi) is 3.73. The first-order valence-corrected chi connectivity index (χ1v) is 5.50. The standard InChI is InChI=1S/C11H12ClN3O2/c12-8-3-1-7(2-4-8)5-10-14-11(17-15-10)9(13)6-16/h1-4,9,16H,5-6,13H2/t9-/m1/s1. The number of hydrogen-bond acceptors (Lipinski definition) is 5. The molecule has 1 atom stereocenters. The average Bonchev–Trinajstić information content (AvgIpc) is 2.80. The van der Waals surface area contributed by atoms with Crippen molar-refractivity contribution in [2.75, 3.05) is 6.61 Å². The first-order chi connectivity index (χ1) is 8.19. The summed E-state index contributed by atoms with van der Waals surface area (Å²) in [7, 11) is 0. The minimum atomic E-state index is -0.624. The van der Waals surface area contributed by atoms with E-state index in [4.69, 9.17) is 27.0 Å². The van der Waals surface area contributed by atoms with Crippen LogP contribution in [0, 0.1) is 0 Å². The SMILES string of the molecule is N[C@H](CO)c1nc(Cc2ccc(Cl)cc2)no1. The second kappa shape index (κ2) is 5.27. The molecule has 0 radical (unpaired) electrons. The Morgan fingerprint density at radius 3 is 2.71 bits per heavy atom. The molecule has 90 valence electrons. The average molecular weight is 254 g/mol. The van der Waals surface area contributed by atoms with Crippen molar-refractivity contribution < 1.29 is 9.63 Å². The Hall–Kier alpha value is -1.43. The summed E-state index contributed by atoms with van der Waals surface area (Å²) in [6, 6.07) is 6.77. The van der Waals surface area contributed by atoms with Crippen molar-refractivity contribution in [3.8, 4) is 0 Å². The van der Waals surface area contributed by atoms with Gasteiger partial charge in [-0.3, -0.25) is 0 Å². The van der Waals surface area contributed by atoms with E-state index >= 15 is 0 Å². The van der Waals surface area contributed by atoms with E-state index in [2.05, 4.69) is 10.1 Å². The van der Waals surface area contributed by atoms with Gasteiger partial charge in [0.05, 0.1) is 6.61 Å². The van der Waals surface area contributed by atoms with Gasteiger partial charge in [-0.15, -0.1) is 0 Å². The number of halogens is 1. The van der Waals surface area contributed by atoms with Gasteiger partial charge < -0.3 is 15.4 Å². The topological polar surface area (TPSA) is 85.2 Å². The van der Waals surface area contributed by atoms with E-state index < -0.39 is 6.04 Å². The van der Waals surface area contributed by atoms with Crippen molar-refractivity contribution in [3.05, 3.63) is 46.6 Å². The van der Waals surface area contributed by atoms with E-state index in [0.29, 0.717) is 17.3 Å². The quantitative estimate of drug-likeness (QED) is 0.858. The monoisotopic (exact) mass is 253 g/mol. The minimum absolute atomic E-state index is 0.220. The predicted octanol–water partition coefficient (Wildman–Crippen LogP) is 1.31. The van der Waals surface area contributed by atoms with Crippen molar-refractivity contribution in [2.45, 2.75) is 12.5 Å². The fourth-order valence-corrected chi connectivity index (χ4v) is 1.48. The predicted molar refractivity (Wildman–Crippen MR) is 62.6 cm³/mol. The van der Waals surface area contributed by atoms with E-state index in [1.807, 2.05) is 12.1 Å². The Bertz CT molecular complexity index is 484. The molecule has 2 aromatic rings. The van der Waals surface area contributed by atoms with Gasteiger partial charge in [0.1, 0.15) is 6.04 Å². The molecule has 0 aliphatic rings. The summed E-state index contributed by atoms with van der Waals surface area (Å²) in [6.45, 7) is -0.220. The summed E-state index contributed by atoms with van der Waals surface area (Å²) in [5.74, 6) is 0.780. The van der Waals surface area contributed by atoms with Gasteiger partial charge in [0.15, 0.2) is 5.82 Å². The van der Waals surface area contributed by atoms with Crippen LogP contribution in [-0.2, 0) is 6.42 Å². The molecular formula is C11H12ClN3O2. The molecule has 17 heavy (non-hydrogen) atoms. The molecule has 0 bridgehead atoms. The minimum Gasteiger partial charge on any atom is -0.394 e. The molecule has 1 heterocycles. The maximum atomic E-state index is 8.85. The van der Waals surface area contributed by atoms with Gasteiger partial charge in [-0.2, -0.15) is 4.98 Å². The fourth-order valence-electron chi connectivity index (χ4n) is 1.35. The Morgan fingerprint density at radius 2 is 2.06 bits per heavy atom. The zero-order valence-electron chi connectivity index (χ0n) is 9.01. The summed E-state index contributed by atoms with van der Waals surface area (Å²) < 4.78 is 4.94. The van der Waals surface area contributed by atoms with Crippen LogP contribution in [0.4, 0.5) is 0 Å². The summed E-state index contributed by atoms with van der Waals surface area (Å²) in [5.41, 5.74) is 6.58. The van der Waals surface area contributed by atoms with Crippen LogP contribution in [0.15, 0.2) is 28.8 Å². The Labute approximate surface area is 103 Å². The Morgan fingerprint density at radius 1 is 1.35 bits per heavy atom. The van der Waals surface area contributed by atoms with Crippen molar-refractivity contribution in [1.29, 1.82) is 0 Å². The molecule has 0 saturated carbocycles. The number of benzene rings is 1. The number of rotatable bonds is 4. The molecule has 0 spiro atoms. The van der Waals surface area contributed by atoms with Crippen LogP contribution >= 0.6 is 11.6 Å². The maximum Gasteiger partial charge on any atom is 0.245 e. The molecule has 0 amide bonds. The zero-order chi connectivity index (χ0) is 12.3. The maximum absolute atomic E-state index is 8.85.